The SMILES string of the molecule is Cc1c(Cl)ccc2sc(N(Cc3cccnc3)C(=O)c3cc(C)n(C(C)C)n3)nc12. The van der Waals surface area contributed by atoms with Crippen molar-refractivity contribution in [1.82, 2.24) is 19.7 Å². The number of hydrogen-bond acceptors (Lipinski definition) is 5. The van der Waals surface area contributed by atoms with Crippen molar-refractivity contribution < 1.29 is 4.79 Å². The fourth-order valence-corrected chi connectivity index (χ4v) is 4.53. The van der Waals surface area contributed by atoms with Crippen LogP contribution in [0.3, 0.4) is 0 Å². The number of aryl methyl sites for hydroxylation is 2. The quantitative estimate of drug-likeness (QED) is 0.406. The van der Waals surface area contributed by atoms with Crippen molar-refractivity contribution in [3.05, 3.63) is 70.3 Å². The number of rotatable bonds is 5. The van der Waals surface area contributed by atoms with Gasteiger partial charge in [-0.2, -0.15) is 5.10 Å². The third-order valence-corrected chi connectivity index (χ3v) is 6.36. The number of carbonyl (C=O) groups is 1. The number of carbonyl (C=O) groups excluding carboxylic acids is 1. The van der Waals surface area contributed by atoms with Crippen LogP contribution in [0, 0.1) is 13.8 Å². The van der Waals surface area contributed by atoms with Gasteiger partial charge in [0.25, 0.3) is 5.91 Å². The number of amides is 1. The van der Waals surface area contributed by atoms with E-state index in [2.05, 4.69) is 10.1 Å². The number of fused-ring (bicyclic) bond motifs is 1. The molecule has 0 atom stereocenters. The second-order valence-electron chi connectivity index (χ2n) is 7.48. The molecule has 4 rings (SSSR count). The lowest BCUT2D eigenvalue weighted by atomic mass is 10.2. The highest BCUT2D eigenvalue weighted by atomic mass is 35.5. The molecule has 0 N–H and O–H groups in total. The maximum Gasteiger partial charge on any atom is 0.280 e. The molecule has 30 heavy (non-hydrogen) atoms. The zero-order chi connectivity index (χ0) is 21.4. The van der Waals surface area contributed by atoms with Gasteiger partial charge in [-0.1, -0.05) is 29.0 Å². The van der Waals surface area contributed by atoms with Crippen LogP contribution >= 0.6 is 22.9 Å². The van der Waals surface area contributed by atoms with Gasteiger partial charge in [0.2, 0.25) is 0 Å². The van der Waals surface area contributed by atoms with E-state index in [1.165, 1.54) is 11.3 Å². The van der Waals surface area contributed by atoms with Gasteiger partial charge >= 0.3 is 0 Å². The van der Waals surface area contributed by atoms with Gasteiger partial charge in [0.05, 0.1) is 16.8 Å². The molecule has 154 valence electrons. The van der Waals surface area contributed by atoms with Crippen LogP contribution in [0.5, 0.6) is 0 Å². The van der Waals surface area contributed by atoms with Gasteiger partial charge in [0, 0.05) is 29.2 Å². The maximum absolute atomic E-state index is 13.5. The molecule has 3 aromatic heterocycles. The molecule has 0 saturated heterocycles. The van der Waals surface area contributed by atoms with Gasteiger partial charge in [-0.05, 0) is 63.1 Å². The Labute approximate surface area is 184 Å². The zero-order valence-corrected chi connectivity index (χ0v) is 18.8. The van der Waals surface area contributed by atoms with E-state index in [-0.39, 0.29) is 11.9 Å². The van der Waals surface area contributed by atoms with E-state index in [0.717, 1.165) is 27.0 Å². The Bertz CT molecular complexity index is 1220. The van der Waals surface area contributed by atoms with Gasteiger partial charge in [-0.3, -0.25) is 19.4 Å². The van der Waals surface area contributed by atoms with Crippen LogP contribution in [-0.4, -0.2) is 25.7 Å². The number of benzene rings is 1. The average molecular weight is 440 g/mol. The van der Waals surface area contributed by atoms with Gasteiger partial charge < -0.3 is 0 Å². The number of anilines is 1. The Kier molecular flexibility index (Phi) is 5.58. The predicted octanol–water partition coefficient (Wildman–Crippen LogP) is 5.59. The molecule has 0 aliphatic carbocycles. The fourth-order valence-electron chi connectivity index (χ4n) is 3.36. The van der Waals surface area contributed by atoms with E-state index in [1.54, 1.807) is 17.3 Å². The molecular weight excluding hydrogens is 418 g/mol. The molecule has 0 unspecified atom stereocenters. The standard InChI is InChI=1S/C22H22ClN5OS/c1-13(2)28-14(3)10-18(26-28)21(29)27(12-16-6-5-9-24-11-16)22-25-20-15(4)17(23)7-8-19(20)30-22/h5-11,13H,12H2,1-4H3. The van der Waals surface area contributed by atoms with E-state index >= 15 is 0 Å². The van der Waals surface area contributed by atoms with Gasteiger partial charge in [-0.25, -0.2) is 4.98 Å². The Balaban J connectivity index is 1.79. The molecule has 1 aromatic carbocycles. The summed E-state index contributed by atoms with van der Waals surface area (Å²) in [6.07, 6.45) is 3.47. The minimum absolute atomic E-state index is 0.172. The summed E-state index contributed by atoms with van der Waals surface area (Å²) in [6.45, 7) is 8.34. The Hall–Kier alpha value is -2.77. The van der Waals surface area contributed by atoms with Crippen molar-refractivity contribution in [2.45, 2.75) is 40.3 Å². The second-order valence-corrected chi connectivity index (χ2v) is 8.89. The van der Waals surface area contributed by atoms with Crippen LogP contribution in [0.25, 0.3) is 10.2 Å². The summed E-state index contributed by atoms with van der Waals surface area (Å²) in [5.41, 5.74) is 3.99. The maximum atomic E-state index is 13.5. The number of halogens is 1. The van der Waals surface area contributed by atoms with Crippen LogP contribution in [0.1, 0.15) is 47.2 Å². The van der Waals surface area contributed by atoms with Crippen LogP contribution in [-0.2, 0) is 6.54 Å². The smallest absolute Gasteiger partial charge is 0.278 e. The molecule has 0 spiro atoms. The number of thiazole rings is 1. The summed E-state index contributed by atoms with van der Waals surface area (Å²) >= 11 is 7.75. The van der Waals surface area contributed by atoms with Crippen LogP contribution < -0.4 is 4.90 Å². The highest BCUT2D eigenvalue weighted by Crippen LogP contribution is 2.34. The van der Waals surface area contributed by atoms with Crippen molar-refractivity contribution in [3.8, 4) is 0 Å². The molecule has 4 aromatic rings. The lowest BCUT2D eigenvalue weighted by molar-refractivity contribution is 0.0979. The lowest BCUT2D eigenvalue weighted by Gasteiger charge is -2.18. The number of nitrogens with zero attached hydrogens (tertiary/aromatic N) is 5. The Morgan fingerprint density at radius 1 is 1.27 bits per heavy atom. The average Bonchev–Trinajstić information content (AvgIpc) is 3.33. The van der Waals surface area contributed by atoms with Gasteiger partial charge in [0.1, 0.15) is 0 Å². The third kappa shape index (κ3) is 3.82. The minimum atomic E-state index is -0.191. The first-order valence-electron chi connectivity index (χ1n) is 9.67. The normalized spacial score (nSPS) is 11.4. The Morgan fingerprint density at radius 3 is 2.73 bits per heavy atom. The third-order valence-electron chi connectivity index (χ3n) is 4.91. The van der Waals surface area contributed by atoms with E-state index in [1.807, 2.05) is 62.7 Å². The summed E-state index contributed by atoms with van der Waals surface area (Å²) in [4.78, 5) is 24.2. The molecule has 0 saturated carbocycles. The number of pyridine rings is 1. The molecule has 0 radical (unpaired) electrons. The first-order valence-corrected chi connectivity index (χ1v) is 10.9. The highest BCUT2D eigenvalue weighted by molar-refractivity contribution is 7.22. The van der Waals surface area contributed by atoms with Crippen molar-refractivity contribution in [1.29, 1.82) is 0 Å². The summed E-state index contributed by atoms with van der Waals surface area (Å²) in [7, 11) is 0. The van der Waals surface area contributed by atoms with E-state index in [0.29, 0.717) is 22.4 Å². The predicted molar refractivity (Wildman–Crippen MR) is 121 cm³/mol. The topological polar surface area (TPSA) is 63.9 Å². The minimum Gasteiger partial charge on any atom is -0.278 e. The molecule has 0 fully saturated rings. The van der Waals surface area contributed by atoms with Gasteiger partial charge in [0.15, 0.2) is 10.8 Å². The van der Waals surface area contributed by atoms with Crippen molar-refractivity contribution >= 4 is 44.2 Å². The summed E-state index contributed by atoms with van der Waals surface area (Å²) in [6, 6.07) is 9.61. The molecule has 3 heterocycles. The van der Waals surface area contributed by atoms with Crippen LogP contribution in [0.15, 0.2) is 42.7 Å². The summed E-state index contributed by atoms with van der Waals surface area (Å²) in [5, 5.41) is 5.82. The van der Waals surface area contributed by atoms with E-state index in [4.69, 9.17) is 16.6 Å². The number of hydrogen-bond donors (Lipinski definition) is 0. The number of aromatic nitrogens is 4. The van der Waals surface area contributed by atoms with Crippen LogP contribution in [0.4, 0.5) is 5.13 Å². The van der Waals surface area contributed by atoms with E-state index < -0.39 is 0 Å². The first-order chi connectivity index (χ1) is 14.3. The summed E-state index contributed by atoms with van der Waals surface area (Å²) < 4.78 is 2.84. The molecule has 6 nitrogen and oxygen atoms in total. The molecular formula is C22H22ClN5OS. The molecule has 0 bridgehead atoms. The molecule has 0 aliphatic heterocycles. The fraction of sp³-hybridized carbons (Fsp3) is 0.273. The molecule has 1 amide bonds. The van der Waals surface area contributed by atoms with Gasteiger partial charge in [-0.15, -0.1) is 0 Å². The lowest BCUT2D eigenvalue weighted by Crippen LogP contribution is -2.31. The second kappa shape index (κ2) is 8.16. The highest BCUT2D eigenvalue weighted by Gasteiger charge is 2.25. The largest absolute Gasteiger partial charge is 0.280 e. The Morgan fingerprint density at radius 2 is 2.07 bits per heavy atom. The molecule has 0 aliphatic rings. The zero-order valence-electron chi connectivity index (χ0n) is 17.3. The molecule has 8 heteroatoms. The summed E-state index contributed by atoms with van der Waals surface area (Å²) in [5.74, 6) is -0.191. The first kappa shape index (κ1) is 20.5. The van der Waals surface area contributed by atoms with Crippen molar-refractivity contribution in [3.63, 3.8) is 0 Å². The monoisotopic (exact) mass is 439 g/mol. The van der Waals surface area contributed by atoms with Crippen LogP contribution in [0.2, 0.25) is 5.02 Å². The van der Waals surface area contributed by atoms with Crippen molar-refractivity contribution in [2.24, 2.45) is 0 Å². The van der Waals surface area contributed by atoms with Crippen molar-refractivity contribution in [2.75, 3.05) is 4.90 Å². The van der Waals surface area contributed by atoms with E-state index in [9.17, 15) is 4.79 Å².